The standard InChI is InChI=1S/C10H18N2O3/c1-3-4-5-12(2)10(14)8-6-15-7-9(13)11-8/h8H,3-7H2,1-2H3,(H,11,13). The number of amides is 2. The van der Waals surface area contributed by atoms with Gasteiger partial charge in [0, 0.05) is 13.6 Å². The normalized spacial score (nSPS) is 20.9. The number of rotatable bonds is 4. The summed E-state index contributed by atoms with van der Waals surface area (Å²) in [5.74, 6) is -0.292. The van der Waals surface area contributed by atoms with Gasteiger partial charge in [-0.2, -0.15) is 0 Å². The fraction of sp³-hybridized carbons (Fsp3) is 0.800. The van der Waals surface area contributed by atoms with Gasteiger partial charge < -0.3 is 15.0 Å². The third kappa shape index (κ3) is 3.51. The van der Waals surface area contributed by atoms with Crippen LogP contribution in [0.15, 0.2) is 0 Å². The van der Waals surface area contributed by atoms with E-state index in [4.69, 9.17) is 4.74 Å². The van der Waals surface area contributed by atoms with Crippen LogP contribution >= 0.6 is 0 Å². The van der Waals surface area contributed by atoms with Gasteiger partial charge in [-0.1, -0.05) is 13.3 Å². The van der Waals surface area contributed by atoms with Gasteiger partial charge in [-0.05, 0) is 6.42 Å². The van der Waals surface area contributed by atoms with E-state index in [0.29, 0.717) is 0 Å². The van der Waals surface area contributed by atoms with Crippen LogP contribution in [0.25, 0.3) is 0 Å². The molecule has 15 heavy (non-hydrogen) atoms. The van der Waals surface area contributed by atoms with E-state index < -0.39 is 6.04 Å². The van der Waals surface area contributed by atoms with Gasteiger partial charge in [-0.25, -0.2) is 0 Å². The highest BCUT2D eigenvalue weighted by Crippen LogP contribution is 2.00. The van der Waals surface area contributed by atoms with Crippen molar-refractivity contribution >= 4 is 11.8 Å². The molecule has 1 aliphatic heterocycles. The minimum absolute atomic E-state index is 0.0580. The van der Waals surface area contributed by atoms with Crippen LogP contribution < -0.4 is 5.32 Å². The van der Waals surface area contributed by atoms with E-state index in [1.54, 1.807) is 11.9 Å². The number of carbonyl (C=O) groups excluding carboxylic acids is 2. The van der Waals surface area contributed by atoms with Crippen LogP contribution in [0.5, 0.6) is 0 Å². The van der Waals surface area contributed by atoms with Crippen molar-refractivity contribution in [3.63, 3.8) is 0 Å². The van der Waals surface area contributed by atoms with E-state index in [1.165, 1.54) is 0 Å². The predicted octanol–water partition coefficient (Wildman–Crippen LogP) is -0.240. The summed E-state index contributed by atoms with van der Waals surface area (Å²) in [5, 5.41) is 2.62. The number of carbonyl (C=O) groups is 2. The van der Waals surface area contributed by atoms with Crippen LogP contribution in [-0.2, 0) is 14.3 Å². The number of ether oxygens (including phenoxy) is 1. The Kier molecular flexibility index (Phi) is 4.55. The molecule has 1 fully saturated rings. The molecule has 0 bridgehead atoms. The molecule has 0 aromatic heterocycles. The summed E-state index contributed by atoms with van der Waals surface area (Å²) in [5.41, 5.74) is 0. The molecular weight excluding hydrogens is 196 g/mol. The van der Waals surface area contributed by atoms with Gasteiger partial charge in [0.05, 0.1) is 6.61 Å². The van der Waals surface area contributed by atoms with Crippen molar-refractivity contribution in [3.05, 3.63) is 0 Å². The van der Waals surface area contributed by atoms with Gasteiger partial charge in [0.2, 0.25) is 11.8 Å². The zero-order valence-corrected chi connectivity index (χ0v) is 9.28. The molecule has 0 radical (unpaired) electrons. The van der Waals surface area contributed by atoms with Gasteiger partial charge in [-0.15, -0.1) is 0 Å². The molecule has 0 spiro atoms. The molecule has 1 saturated heterocycles. The van der Waals surface area contributed by atoms with Gasteiger partial charge in [-0.3, -0.25) is 9.59 Å². The van der Waals surface area contributed by atoms with E-state index in [1.807, 2.05) is 0 Å². The van der Waals surface area contributed by atoms with Crippen LogP contribution in [0.1, 0.15) is 19.8 Å². The second kappa shape index (κ2) is 5.70. The summed E-state index contributed by atoms with van der Waals surface area (Å²) < 4.78 is 5.01. The molecular formula is C10H18N2O3. The minimum Gasteiger partial charge on any atom is -0.369 e. The zero-order chi connectivity index (χ0) is 11.3. The lowest BCUT2D eigenvalue weighted by Gasteiger charge is -2.27. The molecule has 0 aromatic carbocycles. The largest absolute Gasteiger partial charge is 0.369 e. The van der Waals surface area contributed by atoms with E-state index >= 15 is 0 Å². The molecule has 1 unspecified atom stereocenters. The Morgan fingerprint density at radius 3 is 3.00 bits per heavy atom. The summed E-state index contributed by atoms with van der Waals surface area (Å²) in [7, 11) is 1.75. The van der Waals surface area contributed by atoms with Crippen molar-refractivity contribution < 1.29 is 14.3 Å². The molecule has 0 aromatic rings. The highest BCUT2D eigenvalue weighted by atomic mass is 16.5. The van der Waals surface area contributed by atoms with Crippen molar-refractivity contribution in [3.8, 4) is 0 Å². The van der Waals surface area contributed by atoms with E-state index in [-0.39, 0.29) is 25.0 Å². The maximum Gasteiger partial charge on any atom is 0.247 e. The maximum atomic E-state index is 11.8. The van der Waals surface area contributed by atoms with Crippen LogP contribution in [0, 0.1) is 0 Å². The second-order valence-electron chi connectivity index (χ2n) is 3.75. The molecule has 1 atom stereocenters. The lowest BCUT2D eigenvalue weighted by Crippen LogP contribution is -2.54. The number of unbranched alkanes of at least 4 members (excludes halogenated alkanes) is 1. The maximum absolute atomic E-state index is 11.8. The van der Waals surface area contributed by atoms with Gasteiger partial charge in [0.1, 0.15) is 12.6 Å². The second-order valence-corrected chi connectivity index (χ2v) is 3.75. The van der Waals surface area contributed by atoms with Crippen molar-refractivity contribution in [1.82, 2.24) is 10.2 Å². The SMILES string of the molecule is CCCCN(C)C(=O)C1COCC(=O)N1. The van der Waals surface area contributed by atoms with Crippen LogP contribution in [-0.4, -0.2) is 49.6 Å². The highest BCUT2D eigenvalue weighted by Gasteiger charge is 2.27. The molecule has 5 heteroatoms. The third-order valence-electron chi connectivity index (χ3n) is 2.37. The molecule has 0 aliphatic carbocycles. The van der Waals surface area contributed by atoms with Crippen LogP contribution in [0.4, 0.5) is 0 Å². The average Bonchev–Trinajstić information content (AvgIpc) is 2.24. The minimum atomic E-state index is -0.506. The lowest BCUT2D eigenvalue weighted by molar-refractivity contribution is -0.143. The molecule has 1 heterocycles. The fourth-order valence-corrected chi connectivity index (χ4v) is 1.45. The summed E-state index contributed by atoms with van der Waals surface area (Å²) in [6.45, 7) is 3.13. The Hall–Kier alpha value is -1.10. The van der Waals surface area contributed by atoms with Crippen LogP contribution in [0.3, 0.4) is 0 Å². The third-order valence-corrected chi connectivity index (χ3v) is 2.37. The Bertz CT molecular complexity index is 243. The fourth-order valence-electron chi connectivity index (χ4n) is 1.45. The van der Waals surface area contributed by atoms with Crippen molar-refractivity contribution in [2.75, 3.05) is 26.8 Å². The summed E-state index contributed by atoms with van der Waals surface area (Å²) in [4.78, 5) is 24.4. The summed E-state index contributed by atoms with van der Waals surface area (Å²) in [6, 6.07) is -0.506. The number of nitrogens with one attached hydrogen (secondary N) is 1. The quantitative estimate of drug-likeness (QED) is 0.702. The zero-order valence-electron chi connectivity index (χ0n) is 9.28. The predicted molar refractivity (Wildman–Crippen MR) is 55.3 cm³/mol. The monoisotopic (exact) mass is 214 g/mol. The number of hydrogen-bond donors (Lipinski definition) is 1. The molecule has 0 saturated carbocycles. The molecule has 1 aliphatic rings. The smallest absolute Gasteiger partial charge is 0.247 e. The number of nitrogens with zero attached hydrogens (tertiary/aromatic N) is 1. The van der Waals surface area contributed by atoms with Gasteiger partial charge >= 0.3 is 0 Å². The Balaban J connectivity index is 2.40. The van der Waals surface area contributed by atoms with E-state index in [0.717, 1.165) is 19.4 Å². The summed E-state index contributed by atoms with van der Waals surface area (Å²) >= 11 is 0. The molecule has 1 N–H and O–H groups in total. The topological polar surface area (TPSA) is 58.6 Å². The summed E-state index contributed by atoms with van der Waals surface area (Å²) in [6.07, 6.45) is 2.02. The van der Waals surface area contributed by atoms with E-state index in [9.17, 15) is 9.59 Å². The highest BCUT2D eigenvalue weighted by molar-refractivity contribution is 5.88. The Morgan fingerprint density at radius 1 is 1.67 bits per heavy atom. The van der Waals surface area contributed by atoms with Gasteiger partial charge in [0.25, 0.3) is 0 Å². The Morgan fingerprint density at radius 2 is 2.40 bits per heavy atom. The van der Waals surface area contributed by atoms with Crippen molar-refractivity contribution in [2.45, 2.75) is 25.8 Å². The number of morpholine rings is 1. The molecule has 5 nitrogen and oxygen atoms in total. The molecule has 1 rings (SSSR count). The van der Waals surface area contributed by atoms with E-state index in [2.05, 4.69) is 12.2 Å². The van der Waals surface area contributed by atoms with Crippen molar-refractivity contribution in [2.24, 2.45) is 0 Å². The average molecular weight is 214 g/mol. The first-order chi connectivity index (χ1) is 7.15. The van der Waals surface area contributed by atoms with Crippen LogP contribution in [0.2, 0.25) is 0 Å². The Labute approximate surface area is 89.8 Å². The first-order valence-corrected chi connectivity index (χ1v) is 5.27. The van der Waals surface area contributed by atoms with Crippen molar-refractivity contribution in [1.29, 1.82) is 0 Å². The number of likely N-dealkylation sites (N-methyl/N-ethyl adjacent to an activating group) is 1. The van der Waals surface area contributed by atoms with Gasteiger partial charge in [0.15, 0.2) is 0 Å². The molecule has 86 valence electrons. The number of hydrogen-bond acceptors (Lipinski definition) is 3. The molecule has 2 amide bonds. The lowest BCUT2D eigenvalue weighted by atomic mass is 10.2. The first-order valence-electron chi connectivity index (χ1n) is 5.27. The first kappa shape index (κ1) is 12.0.